The Bertz CT molecular complexity index is 98.3. The van der Waals surface area contributed by atoms with Crippen molar-refractivity contribution in [3.63, 3.8) is 0 Å². The highest BCUT2D eigenvalue weighted by Crippen LogP contribution is 2.18. The van der Waals surface area contributed by atoms with Crippen molar-refractivity contribution in [2.24, 2.45) is 5.92 Å². The fourth-order valence-electron chi connectivity index (χ4n) is 1.56. The molecule has 1 aliphatic heterocycles. The first-order valence-corrected chi connectivity index (χ1v) is 4.16. The first-order valence-electron chi connectivity index (χ1n) is 4.16. The lowest BCUT2D eigenvalue weighted by molar-refractivity contribution is -0.0252. The summed E-state index contributed by atoms with van der Waals surface area (Å²) in [6.07, 6.45) is 2.43. The van der Waals surface area contributed by atoms with Gasteiger partial charge in [0.25, 0.3) is 0 Å². The molecule has 1 atom stereocenters. The topological polar surface area (TPSA) is 30.5 Å². The molecule has 1 unspecified atom stereocenters. The molecule has 3 heteroatoms. The third-order valence-electron chi connectivity index (χ3n) is 2.23. The van der Waals surface area contributed by atoms with Gasteiger partial charge in [-0.05, 0) is 19.9 Å². The van der Waals surface area contributed by atoms with Crippen LogP contribution in [0.5, 0.6) is 0 Å². The first kappa shape index (κ1) is 8.97. The Morgan fingerprint density at radius 1 is 1.45 bits per heavy atom. The normalized spacial score (nSPS) is 23.5. The number of methoxy groups -OCH3 is 1. The molecule has 0 aromatic rings. The molecular formula is C8H17NO2. The van der Waals surface area contributed by atoms with Gasteiger partial charge in [-0.2, -0.15) is 0 Å². The Morgan fingerprint density at radius 3 is 2.55 bits per heavy atom. The third kappa shape index (κ3) is 2.43. The van der Waals surface area contributed by atoms with E-state index in [4.69, 9.17) is 9.47 Å². The molecule has 0 amide bonds. The van der Waals surface area contributed by atoms with Crippen LogP contribution in [0.3, 0.4) is 0 Å². The highest BCUT2D eigenvalue weighted by Gasteiger charge is 2.21. The molecule has 1 fully saturated rings. The van der Waals surface area contributed by atoms with E-state index in [0.717, 1.165) is 26.1 Å². The molecule has 11 heavy (non-hydrogen) atoms. The van der Waals surface area contributed by atoms with Gasteiger partial charge in [0.2, 0.25) is 0 Å². The van der Waals surface area contributed by atoms with E-state index in [0.29, 0.717) is 5.92 Å². The quantitative estimate of drug-likeness (QED) is 0.612. The van der Waals surface area contributed by atoms with Gasteiger partial charge in [0.15, 0.2) is 0 Å². The van der Waals surface area contributed by atoms with Crippen molar-refractivity contribution in [2.75, 3.05) is 27.4 Å². The molecule has 0 bridgehead atoms. The predicted molar refractivity (Wildman–Crippen MR) is 43.4 cm³/mol. The summed E-state index contributed by atoms with van der Waals surface area (Å²) in [5.74, 6) is 0.624. The van der Waals surface area contributed by atoms with Crippen LogP contribution in [0, 0.1) is 5.92 Å². The minimum atomic E-state index is 0.207. The van der Waals surface area contributed by atoms with Crippen LogP contribution >= 0.6 is 0 Å². The molecular weight excluding hydrogens is 142 g/mol. The van der Waals surface area contributed by atoms with Crippen LogP contribution in [-0.4, -0.2) is 33.6 Å². The second kappa shape index (κ2) is 4.70. The molecule has 1 heterocycles. The molecule has 66 valence electrons. The lowest BCUT2D eigenvalue weighted by atomic mass is 9.98. The standard InChI is InChI=1S/C8H17NO2/c1-9-8(10-2)7-3-5-11-6-4-7/h7-9H,3-6H2,1-2H3. The van der Waals surface area contributed by atoms with Crippen LogP contribution in [0.2, 0.25) is 0 Å². The highest BCUT2D eigenvalue weighted by molar-refractivity contribution is 4.69. The minimum Gasteiger partial charge on any atom is -0.381 e. The van der Waals surface area contributed by atoms with Gasteiger partial charge in [0, 0.05) is 26.2 Å². The Hall–Kier alpha value is -0.120. The van der Waals surface area contributed by atoms with Crippen molar-refractivity contribution in [1.82, 2.24) is 5.32 Å². The maximum Gasteiger partial charge on any atom is 0.110 e. The van der Waals surface area contributed by atoms with Gasteiger partial charge in [-0.1, -0.05) is 0 Å². The van der Waals surface area contributed by atoms with Crippen molar-refractivity contribution in [3.05, 3.63) is 0 Å². The second-order valence-electron chi connectivity index (χ2n) is 2.89. The van der Waals surface area contributed by atoms with Crippen LogP contribution in [0.4, 0.5) is 0 Å². The van der Waals surface area contributed by atoms with Gasteiger partial charge in [-0.3, -0.25) is 5.32 Å². The monoisotopic (exact) mass is 159 g/mol. The zero-order valence-electron chi connectivity index (χ0n) is 7.30. The lowest BCUT2D eigenvalue weighted by Crippen LogP contribution is -2.38. The van der Waals surface area contributed by atoms with E-state index in [1.54, 1.807) is 7.11 Å². The van der Waals surface area contributed by atoms with Crippen LogP contribution in [-0.2, 0) is 9.47 Å². The van der Waals surface area contributed by atoms with Gasteiger partial charge >= 0.3 is 0 Å². The van der Waals surface area contributed by atoms with Gasteiger partial charge < -0.3 is 9.47 Å². The summed E-state index contributed by atoms with van der Waals surface area (Å²) >= 11 is 0. The number of hydrogen-bond donors (Lipinski definition) is 1. The van der Waals surface area contributed by atoms with E-state index in [2.05, 4.69) is 5.32 Å². The van der Waals surface area contributed by atoms with E-state index in [1.165, 1.54) is 0 Å². The predicted octanol–water partition coefficient (Wildman–Crippen LogP) is 0.605. The largest absolute Gasteiger partial charge is 0.381 e. The van der Waals surface area contributed by atoms with Crippen LogP contribution in [0.15, 0.2) is 0 Å². The maximum atomic E-state index is 5.27. The second-order valence-corrected chi connectivity index (χ2v) is 2.89. The molecule has 3 nitrogen and oxygen atoms in total. The third-order valence-corrected chi connectivity index (χ3v) is 2.23. The van der Waals surface area contributed by atoms with E-state index < -0.39 is 0 Å². The van der Waals surface area contributed by atoms with Crippen LogP contribution in [0.1, 0.15) is 12.8 Å². The number of ether oxygens (including phenoxy) is 2. The number of hydrogen-bond acceptors (Lipinski definition) is 3. The average Bonchev–Trinajstić information content (AvgIpc) is 2.09. The maximum absolute atomic E-state index is 5.27. The fourth-order valence-corrected chi connectivity index (χ4v) is 1.56. The molecule has 1 aliphatic rings. The summed E-state index contributed by atoms with van der Waals surface area (Å²) in [5.41, 5.74) is 0. The Morgan fingerprint density at radius 2 is 2.09 bits per heavy atom. The van der Waals surface area contributed by atoms with Crippen molar-refractivity contribution in [3.8, 4) is 0 Å². The molecule has 0 aromatic carbocycles. The van der Waals surface area contributed by atoms with Gasteiger partial charge in [-0.15, -0.1) is 0 Å². The van der Waals surface area contributed by atoms with Gasteiger partial charge in [0.1, 0.15) is 6.23 Å². The molecule has 0 spiro atoms. The Labute approximate surface area is 68.1 Å². The van der Waals surface area contributed by atoms with E-state index >= 15 is 0 Å². The lowest BCUT2D eigenvalue weighted by Gasteiger charge is -2.28. The summed E-state index contributed by atoms with van der Waals surface area (Å²) in [5, 5.41) is 3.14. The summed E-state index contributed by atoms with van der Waals surface area (Å²) in [7, 11) is 3.68. The van der Waals surface area contributed by atoms with Gasteiger partial charge in [0.05, 0.1) is 0 Å². The van der Waals surface area contributed by atoms with Crippen LogP contribution in [0.25, 0.3) is 0 Å². The first-order chi connectivity index (χ1) is 5.38. The molecule has 0 aromatic heterocycles. The van der Waals surface area contributed by atoms with Gasteiger partial charge in [-0.25, -0.2) is 0 Å². The van der Waals surface area contributed by atoms with Crippen molar-refractivity contribution in [1.29, 1.82) is 0 Å². The zero-order chi connectivity index (χ0) is 8.10. The van der Waals surface area contributed by atoms with E-state index in [9.17, 15) is 0 Å². The molecule has 1 rings (SSSR count). The Kier molecular flexibility index (Phi) is 3.83. The smallest absolute Gasteiger partial charge is 0.110 e. The molecule has 0 aliphatic carbocycles. The van der Waals surface area contributed by atoms with E-state index in [-0.39, 0.29) is 6.23 Å². The van der Waals surface area contributed by atoms with Crippen molar-refractivity contribution < 1.29 is 9.47 Å². The zero-order valence-corrected chi connectivity index (χ0v) is 7.30. The Balaban J connectivity index is 2.30. The number of nitrogens with one attached hydrogen (secondary N) is 1. The summed E-state index contributed by atoms with van der Waals surface area (Å²) in [6.45, 7) is 1.76. The molecule has 1 N–H and O–H groups in total. The fraction of sp³-hybridized carbons (Fsp3) is 1.00. The number of rotatable bonds is 3. The molecule has 0 saturated carbocycles. The van der Waals surface area contributed by atoms with Crippen molar-refractivity contribution in [2.45, 2.75) is 19.1 Å². The summed E-state index contributed by atoms with van der Waals surface area (Å²) in [4.78, 5) is 0. The van der Waals surface area contributed by atoms with E-state index in [1.807, 2.05) is 7.05 Å². The average molecular weight is 159 g/mol. The molecule has 0 radical (unpaired) electrons. The molecule has 1 saturated heterocycles. The highest BCUT2D eigenvalue weighted by atomic mass is 16.5. The van der Waals surface area contributed by atoms with Crippen LogP contribution < -0.4 is 5.32 Å². The minimum absolute atomic E-state index is 0.207. The summed E-state index contributed by atoms with van der Waals surface area (Å²) in [6, 6.07) is 0. The summed E-state index contributed by atoms with van der Waals surface area (Å²) < 4.78 is 10.5. The van der Waals surface area contributed by atoms with Crippen molar-refractivity contribution >= 4 is 0 Å². The SMILES string of the molecule is CNC(OC)C1CCOCC1.